The third-order valence-electron chi connectivity index (χ3n) is 3.45. The second-order valence-electron chi connectivity index (χ2n) is 6.23. The van der Waals surface area contributed by atoms with Crippen LogP contribution in [0.15, 0.2) is 23.2 Å². The average molecular weight is 515 g/mol. The Bertz CT molecular complexity index is 575. The first kappa shape index (κ1) is 26.6. The van der Waals surface area contributed by atoms with Crippen molar-refractivity contribution in [3.63, 3.8) is 0 Å². The lowest BCUT2D eigenvalue weighted by Crippen LogP contribution is -2.37. The number of guanidine groups is 1. The molecule has 2 N–H and O–H groups in total. The molecule has 1 rings (SSSR count). The van der Waals surface area contributed by atoms with Crippen LogP contribution in [0.25, 0.3) is 0 Å². The van der Waals surface area contributed by atoms with Gasteiger partial charge in [0, 0.05) is 38.9 Å². The molecule has 6 nitrogen and oxygen atoms in total. The van der Waals surface area contributed by atoms with Crippen molar-refractivity contribution >= 4 is 29.9 Å². The number of rotatable bonds is 12. The van der Waals surface area contributed by atoms with Gasteiger partial charge in [0.15, 0.2) is 17.5 Å². The quantitative estimate of drug-likeness (QED) is 0.191. The summed E-state index contributed by atoms with van der Waals surface area (Å²) in [6.07, 6.45) is 0.840. The number of nitrogens with one attached hydrogen (secondary N) is 2. The number of nitrogens with zero attached hydrogens (tertiary/aromatic N) is 1. The predicted molar refractivity (Wildman–Crippen MR) is 118 cm³/mol. The van der Waals surface area contributed by atoms with Gasteiger partial charge < -0.3 is 24.8 Å². The van der Waals surface area contributed by atoms with Crippen molar-refractivity contribution in [2.24, 2.45) is 10.9 Å². The Balaban J connectivity index is 0.00000729. The van der Waals surface area contributed by atoms with E-state index in [0.717, 1.165) is 13.0 Å². The van der Waals surface area contributed by atoms with Crippen LogP contribution in [0.4, 0.5) is 8.78 Å². The molecule has 28 heavy (non-hydrogen) atoms. The molecule has 0 atom stereocenters. The normalized spacial score (nSPS) is 11.4. The molecule has 1 aromatic rings. The maximum absolute atomic E-state index is 12.8. The fourth-order valence-electron chi connectivity index (χ4n) is 2.29. The van der Waals surface area contributed by atoms with E-state index in [1.807, 2.05) is 0 Å². The van der Waals surface area contributed by atoms with Crippen molar-refractivity contribution in [2.45, 2.75) is 40.3 Å². The summed E-state index contributed by atoms with van der Waals surface area (Å²) in [7, 11) is 1.65. The third-order valence-corrected chi connectivity index (χ3v) is 3.45. The van der Waals surface area contributed by atoms with E-state index in [9.17, 15) is 8.78 Å². The van der Waals surface area contributed by atoms with E-state index < -0.39 is 6.61 Å². The van der Waals surface area contributed by atoms with Crippen molar-refractivity contribution in [2.75, 3.05) is 33.4 Å². The number of halogens is 3. The molecule has 0 aliphatic carbocycles. The minimum Gasteiger partial charge on any atom is -0.490 e. The monoisotopic (exact) mass is 515 g/mol. The molecule has 0 aromatic heterocycles. The van der Waals surface area contributed by atoms with Crippen LogP contribution in [0, 0.1) is 5.92 Å². The molecule has 1 aromatic carbocycles. The Kier molecular flexibility index (Phi) is 14.8. The van der Waals surface area contributed by atoms with Crippen LogP contribution in [0.3, 0.4) is 0 Å². The van der Waals surface area contributed by atoms with Crippen LogP contribution in [0.5, 0.6) is 11.5 Å². The molecular formula is C19H32F2IN3O3. The van der Waals surface area contributed by atoms with E-state index in [2.05, 4.69) is 34.2 Å². The lowest BCUT2D eigenvalue weighted by atomic mass is 10.2. The number of hydrogen-bond donors (Lipinski definition) is 2. The zero-order valence-corrected chi connectivity index (χ0v) is 19.3. The van der Waals surface area contributed by atoms with Gasteiger partial charge in [0.05, 0.1) is 6.61 Å². The van der Waals surface area contributed by atoms with Gasteiger partial charge >= 0.3 is 6.61 Å². The molecule has 0 heterocycles. The number of ether oxygens (including phenoxy) is 3. The molecule has 0 unspecified atom stereocenters. The first-order chi connectivity index (χ1) is 13.0. The van der Waals surface area contributed by atoms with Crippen LogP contribution in [-0.4, -0.2) is 46.0 Å². The first-order valence-electron chi connectivity index (χ1n) is 9.19. The number of para-hydroxylation sites is 1. The molecule has 162 valence electrons. The van der Waals surface area contributed by atoms with Crippen molar-refractivity contribution in [1.82, 2.24) is 10.6 Å². The number of hydrogen-bond acceptors (Lipinski definition) is 4. The first-order valence-corrected chi connectivity index (χ1v) is 9.19. The van der Waals surface area contributed by atoms with Crippen LogP contribution in [0.2, 0.25) is 0 Å². The summed E-state index contributed by atoms with van der Waals surface area (Å²) in [6.45, 7) is 5.82. The summed E-state index contributed by atoms with van der Waals surface area (Å²) >= 11 is 0. The summed E-state index contributed by atoms with van der Waals surface area (Å²) in [4.78, 5) is 4.13. The summed E-state index contributed by atoms with van der Waals surface area (Å²) in [6, 6.07) is 5.05. The van der Waals surface area contributed by atoms with Gasteiger partial charge in [-0.2, -0.15) is 8.78 Å². The van der Waals surface area contributed by atoms with Gasteiger partial charge in [0.25, 0.3) is 0 Å². The molecule has 0 radical (unpaired) electrons. The Labute approximate surface area is 183 Å². The van der Waals surface area contributed by atoms with Gasteiger partial charge in [-0.05, 0) is 25.3 Å². The van der Waals surface area contributed by atoms with Crippen LogP contribution >= 0.6 is 24.0 Å². The smallest absolute Gasteiger partial charge is 0.387 e. The molecule has 0 aliphatic heterocycles. The molecule has 0 amide bonds. The van der Waals surface area contributed by atoms with E-state index in [-0.39, 0.29) is 36.3 Å². The minimum atomic E-state index is -2.92. The van der Waals surface area contributed by atoms with E-state index >= 15 is 0 Å². The highest BCUT2D eigenvalue weighted by Crippen LogP contribution is 2.32. The number of benzene rings is 1. The number of aliphatic imine (C=N–C) groups is 1. The Morgan fingerprint density at radius 1 is 1.21 bits per heavy atom. The van der Waals surface area contributed by atoms with Crippen molar-refractivity contribution < 1.29 is 23.0 Å². The van der Waals surface area contributed by atoms with Gasteiger partial charge in [-0.3, -0.25) is 4.99 Å². The molecule has 9 heteroatoms. The zero-order valence-electron chi connectivity index (χ0n) is 17.0. The fraction of sp³-hybridized carbons (Fsp3) is 0.632. The molecular weight excluding hydrogens is 483 g/mol. The maximum Gasteiger partial charge on any atom is 0.387 e. The van der Waals surface area contributed by atoms with Gasteiger partial charge in [0.2, 0.25) is 0 Å². The van der Waals surface area contributed by atoms with Crippen LogP contribution < -0.4 is 20.1 Å². The maximum atomic E-state index is 12.8. The zero-order chi connectivity index (χ0) is 20.1. The van der Waals surface area contributed by atoms with Gasteiger partial charge in [-0.1, -0.05) is 26.0 Å². The number of alkyl halides is 2. The lowest BCUT2D eigenvalue weighted by molar-refractivity contribution is -0.0520. The Hall–Kier alpha value is -1.36. The summed E-state index contributed by atoms with van der Waals surface area (Å²) < 4.78 is 41.1. The molecule has 0 bridgehead atoms. The summed E-state index contributed by atoms with van der Waals surface area (Å²) in [5, 5.41) is 6.26. The topological polar surface area (TPSA) is 64.1 Å². The third kappa shape index (κ3) is 10.8. The highest BCUT2D eigenvalue weighted by atomic mass is 127. The minimum absolute atomic E-state index is 0. The van der Waals surface area contributed by atoms with Crippen molar-refractivity contribution in [3.05, 3.63) is 23.8 Å². The van der Waals surface area contributed by atoms with Crippen molar-refractivity contribution in [3.8, 4) is 11.5 Å². The van der Waals surface area contributed by atoms with E-state index in [1.165, 1.54) is 0 Å². The Morgan fingerprint density at radius 2 is 1.96 bits per heavy atom. The fourth-order valence-corrected chi connectivity index (χ4v) is 2.29. The Morgan fingerprint density at radius 3 is 2.57 bits per heavy atom. The highest BCUT2D eigenvalue weighted by Gasteiger charge is 2.15. The average Bonchev–Trinajstić information content (AvgIpc) is 2.62. The second kappa shape index (κ2) is 15.5. The largest absolute Gasteiger partial charge is 0.490 e. The standard InChI is InChI=1S/C19H31F2N3O3.HI/c1-5-26-16-9-6-8-15(17(16)27-18(20)21)12-24-19(22-4)23-10-7-11-25-13-14(2)3;/h6,8-9,14,18H,5,7,10-13H2,1-4H3,(H2,22,23,24);1H. The van der Waals surface area contributed by atoms with Gasteiger partial charge in [-0.25, -0.2) is 0 Å². The summed E-state index contributed by atoms with van der Waals surface area (Å²) in [5.74, 6) is 1.43. The molecule has 0 saturated carbocycles. The van der Waals surface area contributed by atoms with Crippen molar-refractivity contribution in [1.29, 1.82) is 0 Å². The van der Waals surface area contributed by atoms with Crippen LogP contribution in [-0.2, 0) is 11.3 Å². The molecule has 0 aliphatic rings. The molecule has 0 spiro atoms. The molecule has 0 saturated heterocycles. The van der Waals surface area contributed by atoms with Gasteiger partial charge in [-0.15, -0.1) is 24.0 Å². The van der Waals surface area contributed by atoms with E-state index in [0.29, 0.717) is 42.9 Å². The molecule has 0 fully saturated rings. The van der Waals surface area contributed by atoms with Gasteiger partial charge in [0.1, 0.15) is 0 Å². The highest BCUT2D eigenvalue weighted by molar-refractivity contribution is 14.0. The second-order valence-corrected chi connectivity index (χ2v) is 6.23. The van der Waals surface area contributed by atoms with E-state index in [4.69, 9.17) is 9.47 Å². The lowest BCUT2D eigenvalue weighted by Gasteiger charge is -2.17. The van der Waals surface area contributed by atoms with E-state index in [1.54, 1.807) is 32.2 Å². The SMILES string of the molecule is CCOc1cccc(CNC(=NC)NCCCOCC(C)C)c1OC(F)F.I. The summed E-state index contributed by atoms with van der Waals surface area (Å²) in [5.41, 5.74) is 0.560. The van der Waals surface area contributed by atoms with Crippen LogP contribution in [0.1, 0.15) is 32.8 Å². The predicted octanol–water partition coefficient (Wildman–Crippen LogP) is 4.03.